The first-order valence-corrected chi connectivity index (χ1v) is 11.1. The van der Waals surface area contributed by atoms with Crippen LogP contribution in [0.2, 0.25) is 0 Å². The summed E-state index contributed by atoms with van der Waals surface area (Å²) in [6, 6.07) is 9.21. The summed E-state index contributed by atoms with van der Waals surface area (Å²) < 4.78 is 22.7. The highest BCUT2D eigenvalue weighted by Gasteiger charge is 2.15. The SMILES string of the molecule is COc1ccc(CCNC(=O)CCn2cnc3c([nH]c4cc(OC)c(OC)cc43)c2=O)cc1OC. The average Bonchev–Trinajstić information content (AvgIpc) is 3.25. The Morgan fingerprint density at radius 1 is 0.971 bits per heavy atom. The molecule has 0 fully saturated rings. The van der Waals surface area contributed by atoms with E-state index in [1.54, 1.807) is 40.6 Å². The van der Waals surface area contributed by atoms with Gasteiger partial charge in [0.05, 0.1) is 40.3 Å². The Morgan fingerprint density at radius 2 is 1.66 bits per heavy atom. The van der Waals surface area contributed by atoms with Crippen LogP contribution in [0, 0.1) is 0 Å². The fourth-order valence-corrected chi connectivity index (χ4v) is 3.97. The number of hydrogen-bond acceptors (Lipinski definition) is 7. The van der Waals surface area contributed by atoms with E-state index in [4.69, 9.17) is 18.9 Å². The van der Waals surface area contributed by atoms with Gasteiger partial charge in [0.1, 0.15) is 11.0 Å². The molecule has 2 aromatic carbocycles. The highest BCUT2D eigenvalue weighted by atomic mass is 16.5. The van der Waals surface area contributed by atoms with Crippen LogP contribution in [0.25, 0.3) is 21.9 Å². The highest BCUT2D eigenvalue weighted by molar-refractivity contribution is 6.05. The lowest BCUT2D eigenvalue weighted by atomic mass is 10.1. The molecule has 0 spiro atoms. The Labute approximate surface area is 201 Å². The van der Waals surface area contributed by atoms with Gasteiger partial charge in [0.2, 0.25) is 5.91 Å². The van der Waals surface area contributed by atoms with Crippen molar-refractivity contribution in [2.75, 3.05) is 35.0 Å². The number of carbonyl (C=O) groups is 1. The van der Waals surface area contributed by atoms with Crippen LogP contribution in [0.3, 0.4) is 0 Å². The minimum absolute atomic E-state index is 0.149. The third-order valence-electron chi connectivity index (χ3n) is 5.84. The van der Waals surface area contributed by atoms with E-state index in [2.05, 4.69) is 15.3 Å². The molecular formula is C25H28N4O6. The van der Waals surface area contributed by atoms with E-state index in [1.807, 2.05) is 18.2 Å². The van der Waals surface area contributed by atoms with Gasteiger partial charge in [-0.3, -0.25) is 14.2 Å². The summed E-state index contributed by atoms with van der Waals surface area (Å²) in [6.45, 7) is 0.679. The van der Waals surface area contributed by atoms with Crippen LogP contribution < -0.4 is 29.8 Å². The van der Waals surface area contributed by atoms with Crippen LogP contribution >= 0.6 is 0 Å². The molecule has 184 valence electrons. The summed E-state index contributed by atoms with van der Waals surface area (Å²) in [6.07, 6.45) is 2.26. The number of aromatic nitrogens is 3. The summed E-state index contributed by atoms with van der Waals surface area (Å²) >= 11 is 0. The zero-order chi connectivity index (χ0) is 24.9. The summed E-state index contributed by atoms with van der Waals surface area (Å²) in [5, 5.41) is 3.65. The molecule has 0 aliphatic rings. The molecule has 0 saturated heterocycles. The molecule has 10 nitrogen and oxygen atoms in total. The number of nitrogens with one attached hydrogen (secondary N) is 2. The van der Waals surface area contributed by atoms with Crippen molar-refractivity contribution in [2.24, 2.45) is 0 Å². The molecule has 1 amide bonds. The number of benzene rings is 2. The van der Waals surface area contributed by atoms with Gasteiger partial charge < -0.3 is 29.2 Å². The van der Waals surface area contributed by atoms with Crippen molar-refractivity contribution >= 4 is 27.8 Å². The second-order valence-electron chi connectivity index (χ2n) is 7.88. The van der Waals surface area contributed by atoms with Crippen LogP contribution in [0.15, 0.2) is 41.5 Å². The number of aromatic amines is 1. The fraction of sp³-hybridized carbons (Fsp3) is 0.320. The minimum Gasteiger partial charge on any atom is -0.493 e. The van der Waals surface area contributed by atoms with E-state index in [1.165, 1.54) is 10.9 Å². The first kappa shape index (κ1) is 23.9. The summed E-state index contributed by atoms with van der Waals surface area (Å²) in [4.78, 5) is 32.9. The monoisotopic (exact) mass is 480 g/mol. The number of H-pyrrole nitrogens is 1. The van der Waals surface area contributed by atoms with Crippen LogP contribution in [0.5, 0.6) is 23.0 Å². The van der Waals surface area contributed by atoms with Gasteiger partial charge in [-0.1, -0.05) is 6.07 Å². The normalized spacial score (nSPS) is 11.0. The second kappa shape index (κ2) is 10.4. The third-order valence-corrected chi connectivity index (χ3v) is 5.84. The van der Waals surface area contributed by atoms with E-state index in [-0.39, 0.29) is 24.4 Å². The molecule has 2 heterocycles. The van der Waals surface area contributed by atoms with E-state index < -0.39 is 0 Å². The van der Waals surface area contributed by atoms with Crippen molar-refractivity contribution in [3.05, 3.63) is 52.6 Å². The zero-order valence-corrected chi connectivity index (χ0v) is 20.1. The topological polar surface area (TPSA) is 117 Å². The molecular weight excluding hydrogens is 452 g/mol. The average molecular weight is 481 g/mol. The fourth-order valence-electron chi connectivity index (χ4n) is 3.97. The molecule has 0 radical (unpaired) electrons. The number of carbonyl (C=O) groups excluding carboxylic acids is 1. The Morgan fingerprint density at radius 3 is 2.37 bits per heavy atom. The van der Waals surface area contributed by atoms with E-state index in [0.717, 1.165) is 10.9 Å². The molecule has 0 saturated carbocycles. The third kappa shape index (κ3) is 4.86. The number of fused-ring (bicyclic) bond motifs is 3. The van der Waals surface area contributed by atoms with Crippen LogP contribution in [-0.2, 0) is 17.8 Å². The lowest BCUT2D eigenvalue weighted by molar-refractivity contribution is -0.121. The highest BCUT2D eigenvalue weighted by Crippen LogP contribution is 2.34. The molecule has 0 bridgehead atoms. The number of aryl methyl sites for hydroxylation is 1. The lowest BCUT2D eigenvalue weighted by Crippen LogP contribution is -2.29. The molecule has 0 unspecified atom stereocenters. The van der Waals surface area contributed by atoms with Crippen LogP contribution in [0.4, 0.5) is 0 Å². The molecule has 0 atom stereocenters. The van der Waals surface area contributed by atoms with Gasteiger partial charge in [0.25, 0.3) is 5.56 Å². The number of ether oxygens (including phenoxy) is 4. The molecule has 10 heteroatoms. The molecule has 35 heavy (non-hydrogen) atoms. The van der Waals surface area contributed by atoms with E-state index in [0.29, 0.717) is 52.5 Å². The standard InChI is InChI=1S/C25H28N4O6/c1-32-18-6-5-15(11-19(18)33-2)7-9-26-22(30)8-10-29-14-27-23-16-12-20(34-3)21(35-4)13-17(16)28-24(23)25(29)31/h5-6,11-14,28H,7-10H2,1-4H3,(H,26,30). The quantitative estimate of drug-likeness (QED) is 0.358. The summed E-state index contributed by atoms with van der Waals surface area (Å²) in [7, 11) is 6.28. The first-order valence-electron chi connectivity index (χ1n) is 11.1. The lowest BCUT2D eigenvalue weighted by Gasteiger charge is -2.10. The van der Waals surface area contributed by atoms with Crippen molar-refractivity contribution in [3.63, 3.8) is 0 Å². The number of nitrogens with zero attached hydrogens (tertiary/aromatic N) is 2. The maximum atomic E-state index is 13.0. The number of amides is 1. The first-order chi connectivity index (χ1) is 17.0. The predicted octanol–water partition coefficient (Wildman–Crippen LogP) is 2.66. The van der Waals surface area contributed by atoms with Crippen molar-refractivity contribution < 1.29 is 23.7 Å². The largest absolute Gasteiger partial charge is 0.493 e. The number of hydrogen-bond donors (Lipinski definition) is 2. The minimum atomic E-state index is -0.248. The number of rotatable bonds is 10. The van der Waals surface area contributed by atoms with Gasteiger partial charge in [0.15, 0.2) is 23.0 Å². The molecule has 4 aromatic rings. The van der Waals surface area contributed by atoms with E-state index in [9.17, 15) is 9.59 Å². The number of methoxy groups -OCH3 is 4. The Hall–Kier alpha value is -4.21. The summed E-state index contributed by atoms with van der Waals surface area (Å²) in [5.41, 5.74) is 2.39. The van der Waals surface area contributed by atoms with Crippen LogP contribution in [-0.4, -0.2) is 55.4 Å². The zero-order valence-electron chi connectivity index (χ0n) is 20.1. The van der Waals surface area contributed by atoms with Gasteiger partial charge in [-0.05, 0) is 30.2 Å². The Balaban J connectivity index is 1.40. The molecule has 0 aliphatic carbocycles. The van der Waals surface area contributed by atoms with Crippen LogP contribution in [0.1, 0.15) is 12.0 Å². The predicted molar refractivity (Wildman–Crippen MR) is 132 cm³/mol. The maximum absolute atomic E-state index is 13.0. The van der Waals surface area contributed by atoms with Crippen molar-refractivity contribution in [1.82, 2.24) is 19.9 Å². The van der Waals surface area contributed by atoms with Gasteiger partial charge in [-0.15, -0.1) is 0 Å². The van der Waals surface area contributed by atoms with E-state index >= 15 is 0 Å². The van der Waals surface area contributed by atoms with Crippen molar-refractivity contribution in [2.45, 2.75) is 19.4 Å². The molecule has 0 aliphatic heterocycles. The van der Waals surface area contributed by atoms with Crippen molar-refractivity contribution in [3.8, 4) is 23.0 Å². The Bertz CT molecular complexity index is 1430. The second-order valence-corrected chi connectivity index (χ2v) is 7.88. The maximum Gasteiger partial charge on any atom is 0.277 e. The smallest absolute Gasteiger partial charge is 0.277 e. The molecule has 2 aromatic heterocycles. The molecule has 4 rings (SSSR count). The molecule has 2 N–H and O–H groups in total. The van der Waals surface area contributed by atoms with Gasteiger partial charge in [-0.2, -0.15) is 0 Å². The summed E-state index contributed by atoms with van der Waals surface area (Å²) in [5.74, 6) is 2.26. The van der Waals surface area contributed by atoms with Crippen molar-refractivity contribution in [1.29, 1.82) is 0 Å². The van der Waals surface area contributed by atoms with Gasteiger partial charge >= 0.3 is 0 Å². The Kier molecular flexibility index (Phi) is 7.09. The van der Waals surface area contributed by atoms with Gasteiger partial charge in [-0.25, -0.2) is 4.98 Å². The van der Waals surface area contributed by atoms with Gasteiger partial charge in [0, 0.05) is 31.0 Å².